The van der Waals surface area contributed by atoms with Crippen LogP contribution in [0.25, 0.3) is 0 Å². The van der Waals surface area contributed by atoms with E-state index in [1.54, 1.807) is 27.7 Å². The van der Waals surface area contributed by atoms with Gasteiger partial charge in [-0.15, -0.1) is 0 Å². The molecule has 0 amide bonds. The number of benzene rings is 4. The van der Waals surface area contributed by atoms with Gasteiger partial charge in [0.05, 0.1) is 48.7 Å². The first kappa shape index (κ1) is 41.5. The Morgan fingerprint density at radius 3 is 0.796 bits per heavy atom. The molecule has 0 aliphatic carbocycles. The summed E-state index contributed by atoms with van der Waals surface area (Å²) in [5.74, 6) is -1.53. The number of hydrogen-bond acceptors (Lipinski definition) is 8. The zero-order valence-corrected chi connectivity index (χ0v) is 33.9. The fourth-order valence-corrected chi connectivity index (χ4v) is 8.00. The van der Waals surface area contributed by atoms with Crippen molar-refractivity contribution in [2.45, 2.75) is 94.9 Å². The molecule has 0 unspecified atom stereocenters. The molecule has 0 saturated carbocycles. The normalized spacial score (nSPS) is 11.3. The van der Waals surface area contributed by atoms with Gasteiger partial charge in [0, 0.05) is 5.41 Å². The third-order valence-corrected chi connectivity index (χ3v) is 10.1. The van der Waals surface area contributed by atoms with Crippen molar-refractivity contribution in [1.29, 1.82) is 0 Å². The van der Waals surface area contributed by atoms with Gasteiger partial charge in [0.25, 0.3) is 0 Å². The topological polar surface area (TPSA) is 105 Å². The fraction of sp³-hybridized carbons (Fsp3) is 0.391. The lowest BCUT2D eigenvalue weighted by molar-refractivity contribution is 0.0514. The first-order chi connectivity index (χ1) is 25.5. The van der Waals surface area contributed by atoms with Gasteiger partial charge in [-0.1, -0.05) is 48.5 Å². The van der Waals surface area contributed by atoms with E-state index in [9.17, 15) is 19.2 Å². The summed E-state index contributed by atoms with van der Waals surface area (Å²) in [7, 11) is 0. The molecule has 0 N–H and O–H groups in total. The molecule has 8 heteroatoms. The van der Waals surface area contributed by atoms with Crippen molar-refractivity contribution in [3.63, 3.8) is 0 Å². The van der Waals surface area contributed by atoms with Crippen molar-refractivity contribution in [2.75, 3.05) is 26.4 Å². The summed E-state index contributed by atoms with van der Waals surface area (Å²) in [5.41, 5.74) is 10.9. The van der Waals surface area contributed by atoms with Crippen LogP contribution < -0.4 is 0 Å². The van der Waals surface area contributed by atoms with Gasteiger partial charge < -0.3 is 18.9 Å². The van der Waals surface area contributed by atoms with E-state index in [1.165, 1.54) is 0 Å². The molecule has 0 bridgehead atoms. The van der Waals surface area contributed by atoms with E-state index in [0.717, 1.165) is 66.8 Å². The second-order valence-corrected chi connectivity index (χ2v) is 14.0. The maximum atomic E-state index is 13.2. The smallest absolute Gasteiger partial charge is 0.338 e. The average Bonchev–Trinajstić information content (AvgIpc) is 3.06. The van der Waals surface area contributed by atoms with Gasteiger partial charge in [-0.05, 0) is 156 Å². The van der Waals surface area contributed by atoms with Crippen LogP contribution in [0.3, 0.4) is 0 Å². The van der Waals surface area contributed by atoms with Crippen LogP contribution in [0.4, 0.5) is 0 Å². The Morgan fingerprint density at radius 2 is 0.593 bits per heavy atom. The van der Waals surface area contributed by atoms with Crippen LogP contribution in [0.15, 0.2) is 48.5 Å². The second-order valence-electron chi connectivity index (χ2n) is 14.0. The number of esters is 4. The first-order valence-corrected chi connectivity index (χ1v) is 18.7. The zero-order valence-electron chi connectivity index (χ0n) is 33.9. The molecule has 8 nitrogen and oxygen atoms in total. The molecule has 0 aliphatic heterocycles. The predicted molar refractivity (Wildman–Crippen MR) is 211 cm³/mol. The van der Waals surface area contributed by atoms with E-state index in [2.05, 4.69) is 0 Å². The van der Waals surface area contributed by atoms with Gasteiger partial charge >= 0.3 is 23.9 Å². The van der Waals surface area contributed by atoms with E-state index in [-0.39, 0.29) is 50.3 Å². The third kappa shape index (κ3) is 8.13. The second kappa shape index (κ2) is 17.3. The Bertz CT molecular complexity index is 1830. The number of aryl methyl sites for hydroxylation is 8. The standard InChI is InChI=1S/C46H54O8/c1-13-51-42(47)38-26(5)17-34(18-27(38)6)25-46(35-19-28(7)39(29(8)20-35)43(48)52-14-2,36-21-30(9)40(31(10)22-36)44(49)53-15-3)37-23-32(11)41(33(12)24-37)45(50)54-16-4/h17-24H,13-16,25H2,1-12H3. The van der Waals surface area contributed by atoms with Crippen LogP contribution in [0.5, 0.6) is 0 Å². The SMILES string of the molecule is CCOC(=O)c1c(C)cc(CC(c2cc(C)c(C(=O)OCC)c(C)c2)(c2cc(C)c(C(=O)OCC)c(C)c2)c2cc(C)c(C(=O)OCC)c(C)c2)cc1C. The van der Waals surface area contributed by atoms with Crippen LogP contribution >= 0.6 is 0 Å². The Labute approximate surface area is 320 Å². The maximum Gasteiger partial charge on any atom is 0.338 e. The van der Waals surface area contributed by atoms with E-state index in [1.807, 2.05) is 104 Å². The summed E-state index contributed by atoms with van der Waals surface area (Å²) in [6.07, 6.45) is 0.421. The molecule has 4 aromatic rings. The molecule has 0 fully saturated rings. The van der Waals surface area contributed by atoms with Gasteiger partial charge in [0.15, 0.2) is 0 Å². The lowest BCUT2D eigenvalue weighted by atomic mass is 9.64. The average molecular weight is 735 g/mol. The molecule has 0 atom stereocenters. The van der Waals surface area contributed by atoms with E-state index in [0.29, 0.717) is 28.7 Å². The summed E-state index contributed by atoms with van der Waals surface area (Å²) >= 11 is 0. The summed E-state index contributed by atoms with van der Waals surface area (Å²) in [4.78, 5) is 52.7. The van der Waals surface area contributed by atoms with Gasteiger partial charge in [0.1, 0.15) is 0 Å². The number of rotatable bonds is 13. The van der Waals surface area contributed by atoms with Gasteiger partial charge in [0.2, 0.25) is 0 Å². The fourth-order valence-electron chi connectivity index (χ4n) is 8.00. The van der Waals surface area contributed by atoms with Crippen LogP contribution in [0.2, 0.25) is 0 Å². The van der Waals surface area contributed by atoms with Gasteiger partial charge in [-0.25, -0.2) is 19.2 Å². The van der Waals surface area contributed by atoms with Crippen LogP contribution in [0, 0.1) is 55.4 Å². The minimum absolute atomic E-state index is 0.251. The third-order valence-electron chi connectivity index (χ3n) is 10.1. The van der Waals surface area contributed by atoms with E-state index < -0.39 is 5.41 Å². The van der Waals surface area contributed by atoms with E-state index in [4.69, 9.17) is 18.9 Å². The largest absolute Gasteiger partial charge is 0.462 e. The van der Waals surface area contributed by atoms with Crippen molar-refractivity contribution >= 4 is 23.9 Å². The highest BCUT2D eigenvalue weighted by Crippen LogP contribution is 2.46. The summed E-state index contributed by atoms with van der Waals surface area (Å²) in [6, 6.07) is 16.3. The minimum atomic E-state index is -0.946. The summed E-state index contributed by atoms with van der Waals surface area (Å²) in [5, 5.41) is 0. The molecule has 54 heavy (non-hydrogen) atoms. The predicted octanol–water partition coefficient (Wildman–Crippen LogP) is 9.44. The van der Waals surface area contributed by atoms with Crippen LogP contribution in [-0.2, 0) is 30.8 Å². The highest BCUT2D eigenvalue weighted by atomic mass is 16.5. The molecule has 4 rings (SSSR count). The van der Waals surface area contributed by atoms with Crippen molar-refractivity contribution in [3.05, 3.63) is 138 Å². The molecule has 0 aromatic heterocycles. The highest BCUT2D eigenvalue weighted by molar-refractivity contribution is 5.95. The van der Waals surface area contributed by atoms with Crippen molar-refractivity contribution < 1.29 is 38.1 Å². The monoisotopic (exact) mass is 734 g/mol. The van der Waals surface area contributed by atoms with Crippen molar-refractivity contribution in [2.24, 2.45) is 0 Å². The molecule has 0 saturated heterocycles. The lowest BCUT2D eigenvalue weighted by Crippen LogP contribution is -2.34. The molecule has 0 heterocycles. The van der Waals surface area contributed by atoms with Crippen molar-refractivity contribution in [1.82, 2.24) is 0 Å². The van der Waals surface area contributed by atoms with E-state index >= 15 is 0 Å². The summed E-state index contributed by atoms with van der Waals surface area (Å²) in [6.45, 7) is 23.5. The number of hydrogen-bond donors (Lipinski definition) is 0. The van der Waals surface area contributed by atoms with Gasteiger partial charge in [-0.2, -0.15) is 0 Å². The molecule has 0 spiro atoms. The highest BCUT2D eigenvalue weighted by Gasteiger charge is 2.40. The quantitative estimate of drug-likeness (QED) is 0.0760. The minimum Gasteiger partial charge on any atom is -0.462 e. The lowest BCUT2D eigenvalue weighted by Gasteiger charge is -2.39. The molecule has 0 aliphatic rings. The number of carbonyl (C=O) groups excluding carboxylic acids is 4. The first-order valence-electron chi connectivity index (χ1n) is 18.7. The maximum absolute atomic E-state index is 13.2. The van der Waals surface area contributed by atoms with Crippen molar-refractivity contribution in [3.8, 4) is 0 Å². The molecular weight excluding hydrogens is 680 g/mol. The molecule has 286 valence electrons. The van der Waals surface area contributed by atoms with Gasteiger partial charge in [-0.3, -0.25) is 0 Å². The number of ether oxygens (including phenoxy) is 4. The van der Waals surface area contributed by atoms with Crippen LogP contribution in [-0.4, -0.2) is 50.3 Å². The Balaban J connectivity index is 2.22. The molecular formula is C46H54O8. The number of carbonyl (C=O) groups is 4. The zero-order chi connectivity index (χ0) is 40.1. The van der Waals surface area contributed by atoms with Crippen LogP contribution in [0.1, 0.15) is 136 Å². The Hall–Kier alpha value is -5.24. The Morgan fingerprint density at radius 1 is 0.389 bits per heavy atom. The summed E-state index contributed by atoms with van der Waals surface area (Å²) < 4.78 is 21.8. The molecule has 4 aromatic carbocycles. The molecule has 0 radical (unpaired) electrons. The Kier molecular flexibility index (Phi) is 13.3.